The van der Waals surface area contributed by atoms with Gasteiger partial charge in [0.1, 0.15) is 11.4 Å². The fourth-order valence-corrected chi connectivity index (χ4v) is 1.68. The number of pyridine rings is 1. The number of rotatable bonds is 2. The summed E-state index contributed by atoms with van der Waals surface area (Å²) in [5, 5.41) is 2.02. The number of H-pyrrole nitrogens is 1. The molecule has 6 heteroatoms. The maximum absolute atomic E-state index is 12.8. The van der Waals surface area contributed by atoms with Gasteiger partial charge >= 0.3 is 0 Å². The van der Waals surface area contributed by atoms with Crippen LogP contribution in [0.5, 0.6) is 0 Å². The van der Waals surface area contributed by atoms with E-state index in [-0.39, 0.29) is 11.4 Å². The van der Waals surface area contributed by atoms with Crippen LogP contribution in [0, 0.1) is 5.82 Å². The average Bonchev–Trinajstić information content (AvgIpc) is 2.38. The molecule has 2 rings (SSSR count). The lowest BCUT2D eigenvalue weighted by Crippen LogP contribution is -2.32. The van der Waals surface area contributed by atoms with Gasteiger partial charge in [0.15, 0.2) is 0 Å². The van der Waals surface area contributed by atoms with Gasteiger partial charge in [0.05, 0.1) is 0 Å². The third kappa shape index (κ3) is 2.97. The van der Waals surface area contributed by atoms with Crippen LogP contribution in [0.3, 0.4) is 0 Å². The Balaban J connectivity index is 2.35. The van der Waals surface area contributed by atoms with Crippen molar-refractivity contribution in [3.8, 4) is 11.3 Å². The number of aromatic nitrogens is 1. The van der Waals surface area contributed by atoms with Crippen molar-refractivity contribution in [2.45, 2.75) is 6.92 Å². The Morgan fingerprint density at radius 3 is 2.30 bits per heavy atom. The van der Waals surface area contributed by atoms with Gasteiger partial charge in [-0.05, 0) is 42.0 Å². The number of carbonyl (C=O) groups is 2. The maximum Gasteiger partial charge on any atom is 0.263 e. The summed E-state index contributed by atoms with van der Waals surface area (Å²) >= 11 is 0. The van der Waals surface area contributed by atoms with Gasteiger partial charge in [-0.15, -0.1) is 0 Å². The van der Waals surface area contributed by atoms with Crippen molar-refractivity contribution in [2.75, 3.05) is 0 Å². The van der Waals surface area contributed by atoms with E-state index in [2.05, 4.69) is 4.98 Å². The van der Waals surface area contributed by atoms with Crippen molar-refractivity contribution < 1.29 is 14.0 Å². The van der Waals surface area contributed by atoms with Crippen LogP contribution in [0.25, 0.3) is 11.3 Å². The molecule has 2 amide bonds. The molecule has 0 bridgehead atoms. The number of amides is 2. The topological polar surface area (TPSA) is 79.0 Å². The third-order valence-electron chi connectivity index (χ3n) is 2.60. The molecule has 2 aromatic rings. The number of nitrogens with one attached hydrogen (secondary N) is 2. The summed E-state index contributed by atoms with van der Waals surface area (Å²) in [5.74, 6) is -1.69. The molecule has 0 saturated carbocycles. The molecule has 0 aliphatic carbocycles. The quantitative estimate of drug-likeness (QED) is 0.870. The Hall–Kier alpha value is -2.76. The lowest BCUT2D eigenvalue weighted by molar-refractivity contribution is -0.118. The minimum Gasteiger partial charge on any atom is -0.321 e. The van der Waals surface area contributed by atoms with E-state index in [4.69, 9.17) is 0 Å². The van der Waals surface area contributed by atoms with E-state index in [0.717, 1.165) is 0 Å². The summed E-state index contributed by atoms with van der Waals surface area (Å²) < 4.78 is 12.8. The highest BCUT2D eigenvalue weighted by Gasteiger charge is 2.12. The minimum absolute atomic E-state index is 0.161. The lowest BCUT2D eigenvalue weighted by Gasteiger charge is -2.04. The summed E-state index contributed by atoms with van der Waals surface area (Å²) in [5.41, 5.74) is 0.285. The second-order valence-corrected chi connectivity index (χ2v) is 4.13. The zero-order chi connectivity index (χ0) is 14.7. The standard InChI is InChI=1S/C14H11FN2O3/c1-8(18)16-13(19)11-6-7-12(17-14(11)20)9-2-4-10(15)5-3-9/h2-7H,1H3,(H,17,20)(H,16,18,19). The van der Waals surface area contributed by atoms with Crippen LogP contribution in [-0.2, 0) is 4.79 Å². The van der Waals surface area contributed by atoms with Gasteiger partial charge in [-0.1, -0.05) is 0 Å². The van der Waals surface area contributed by atoms with Crippen LogP contribution in [0.1, 0.15) is 17.3 Å². The average molecular weight is 274 g/mol. The van der Waals surface area contributed by atoms with Crippen LogP contribution in [-0.4, -0.2) is 16.8 Å². The highest BCUT2D eigenvalue weighted by Crippen LogP contribution is 2.15. The molecule has 2 N–H and O–H groups in total. The van der Waals surface area contributed by atoms with E-state index >= 15 is 0 Å². The van der Waals surface area contributed by atoms with Crippen molar-refractivity contribution in [1.29, 1.82) is 0 Å². The number of benzene rings is 1. The fraction of sp³-hybridized carbons (Fsp3) is 0.0714. The Kier molecular flexibility index (Phi) is 3.74. The molecule has 0 spiro atoms. The lowest BCUT2D eigenvalue weighted by atomic mass is 10.1. The molecule has 0 saturated heterocycles. The summed E-state index contributed by atoms with van der Waals surface area (Å²) in [4.78, 5) is 36.7. The third-order valence-corrected chi connectivity index (χ3v) is 2.60. The molecule has 0 atom stereocenters. The monoisotopic (exact) mass is 274 g/mol. The predicted molar refractivity (Wildman–Crippen MR) is 70.6 cm³/mol. The second-order valence-electron chi connectivity index (χ2n) is 4.13. The molecular weight excluding hydrogens is 263 g/mol. The SMILES string of the molecule is CC(=O)NC(=O)c1ccc(-c2ccc(F)cc2)[nH]c1=O. The van der Waals surface area contributed by atoms with Gasteiger partial charge in [0.2, 0.25) is 5.91 Å². The molecule has 0 aliphatic heterocycles. The molecule has 1 heterocycles. The first-order valence-corrected chi connectivity index (χ1v) is 5.78. The summed E-state index contributed by atoms with van der Waals surface area (Å²) in [7, 11) is 0. The first-order valence-electron chi connectivity index (χ1n) is 5.78. The first kappa shape index (κ1) is 13.7. The zero-order valence-electron chi connectivity index (χ0n) is 10.6. The molecule has 1 aromatic carbocycles. The molecular formula is C14H11FN2O3. The van der Waals surface area contributed by atoms with Crippen molar-refractivity contribution in [2.24, 2.45) is 0 Å². The fourth-order valence-electron chi connectivity index (χ4n) is 1.68. The smallest absolute Gasteiger partial charge is 0.263 e. The second kappa shape index (κ2) is 5.48. The van der Waals surface area contributed by atoms with E-state index in [9.17, 15) is 18.8 Å². The molecule has 0 unspecified atom stereocenters. The molecule has 0 aliphatic rings. The number of aromatic amines is 1. The number of halogens is 1. The van der Waals surface area contributed by atoms with Crippen molar-refractivity contribution in [1.82, 2.24) is 10.3 Å². The molecule has 20 heavy (non-hydrogen) atoms. The predicted octanol–water partition coefficient (Wildman–Crippen LogP) is 1.46. The summed E-state index contributed by atoms with van der Waals surface area (Å²) in [6, 6.07) is 8.39. The van der Waals surface area contributed by atoms with Crippen LogP contribution in [0.15, 0.2) is 41.2 Å². The molecule has 102 valence electrons. The van der Waals surface area contributed by atoms with Gasteiger partial charge < -0.3 is 4.98 Å². The van der Waals surface area contributed by atoms with Crippen molar-refractivity contribution in [3.05, 3.63) is 58.1 Å². The normalized spacial score (nSPS) is 10.1. The van der Waals surface area contributed by atoms with Gasteiger partial charge in [0.25, 0.3) is 11.5 Å². The number of hydrogen-bond donors (Lipinski definition) is 2. The van der Waals surface area contributed by atoms with Crippen molar-refractivity contribution >= 4 is 11.8 Å². The largest absolute Gasteiger partial charge is 0.321 e. The van der Waals surface area contributed by atoms with E-state index in [1.165, 1.54) is 43.3 Å². The maximum atomic E-state index is 12.8. The molecule has 5 nitrogen and oxygen atoms in total. The minimum atomic E-state index is -0.760. The summed E-state index contributed by atoms with van der Waals surface area (Å²) in [6.07, 6.45) is 0. The van der Waals surface area contributed by atoms with Crippen LogP contribution in [0.2, 0.25) is 0 Å². The molecule has 0 radical (unpaired) electrons. The van der Waals surface area contributed by atoms with Crippen molar-refractivity contribution in [3.63, 3.8) is 0 Å². The van der Waals surface area contributed by atoms with Crippen LogP contribution in [0.4, 0.5) is 4.39 Å². The van der Waals surface area contributed by atoms with Crippen LogP contribution < -0.4 is 10.9 Å². The number of carbonyl (C=O) groups excluding carboxylic acids is 2. The number of imide groups is 1. The van der Waals surface area contributed by atoms with E-state index in [1.807, 2.05) is 5.32 Å². The highest BCUT2D eigenvalue weighted by atomic mass is 19.1. The highest BCUT2D eigenvalue weighted by molar-refractivity contribution is 6.03. The van der Waals surface area contributed by atoms with E-state index in [0.29, 0.717) is 11.3 Å². The Morgan fingerprint density at radius 2 is 1.75 bits per heavy atom. The molecule has 0 fully saturated rings. The van der Waals surface area contributed by atoms with Gasteiger partial charge in [-0.25, -0.2) is 4.39 Å². The number of hydrogen-bond acceptors (Lipinski definition) is 3. The Labute approximate surface area is 113 Å². The first-order chi connectivity index (χ1) is 9.47. The van der Waals surface area contributed by atoms with Crippen LogP contribution >= 0.6 is 0 Å². The van der Waals surface area contributed by atoms with Gasteiger partial charge in [-0.3, -0.25) is 19.7 Å². The zero-order valence-corrected chi connectivity index (χ0v) is 10.6. The van der Waals surface area contributed by atoms with Gasteiger partial charge in [0, 0.05) is 12.6 Å². The molecule has 1 aromatic heterocycles. The van der Waals surface area contributed by atoms with Gasteiger partial charge in [-0.2, -0.15) is 0 Å². The Morgan fingerprint density at radius 1 is 1.10 bits per heavy atom. The summed E-state index contributed by atoms with van der Waals surface area (Å²) in [6.45, 7) is 1.18. The van der Waals surface area contributed by atoms with E-state index < -0.39 is 17.4 Å². The van der Waals surface area contributed by atoms with E-state index in [1.54, 1.807) is 0 Å². The Bertz CT molecular complexity index is 720.